The molecule has 0 spiro atoms. The lowest BCUT2D eigenvalue weighted by Gasteiger charge is -2.24. The topological polar surface area (TPSA) is 63.6 Å². The van der Waals surface area contributed by atoms with Crippen LogP contribution in [-0.2, 0) is 14.6 Å². The first kappa shape index (κ1) is 14.9. The highest BCUT2D eigenvalue weighted by Crippen LogP contribution is 2.35. The molecule has 5 unspecified atom stereocenters. The summed E-state index contributed by atoms with van der Waals surface area (Å²) in [6.07, 6.45) is 2.03. The Balaban J connectivity index is 2.45. The summed E-state index contributed by atoms with van der Waals surface area (Å²) in [5.74, 6) is 0.582. The maximum atomic E-state index is 11.0. The Morgan fingerprint density at radius 2 is 1.82 bits per heavy atom. The Labute approximate surface area is 104 Å². The van der Waals surface area contributed by atoms with Crippen LogP contribution in [0.5, 0.6) is 0 Å². The third-order valence-corrected chi connectivity index (χ3v) is 4.81. The van der Waals surface area contributed by atoms with Gasteiger partial charge in [0.15, 0.2) is 0 Å². The Morgan fingerprint density at radius 1 is 1.24 bits per heavy atom. The maximum Gasteiger partial charge on any atom is 0.147 e. The number of sulfone groups is 1. The quantitative estimate of drug-likeness (QED) is 0.811. The van der Waals surface area contributed by atoms with Gasteiger partial charge in [-0.3, -0.25) is 0 Å². The zero-order valence-electron chi connectivity index (χ0n) is 11.1. The fraction of sp³-hybridized carbons (Fsp3) is 1.00. The number of hydrogen-bond acceptors (Lipinski definition) is 4. The van der Waals surface area contributed by atoms with Crippen molar-refractivity contribution in [2.24, 2.45) is 11.8 Å². The summed E-state index contributed by atoms with van der Waals surface area (Å²) in [5, 5.41) is 10.1. The van der Waals surface area contributed by atoms with E-state index in [4.69, 9.17) is 4.74 Å². The predicted molar refractivity (Wildman–Crippen MR) is 67.6 cm³/mol. The highest BCUT2D eigenvalue weighted by Gasteiger charge is 2.40. The minimum Gasteiger partial charge on any atom is -0.393 e. The van der Waals surface area contributed by atoms with Crippen molar-refractivity contribution in [2.75, 3.05) is 12.0 Å². The van der Waals surface area contributed by atoms with Crippen LogP contribution in [0.2, 0.25) is 0 Å². The van der Waals surface area contributed by atoms with Gasteiger partial charge in [0.1, 0.15) is 9.84 Å². The second kappa shape index (κ2) is 5.67. The molecule has 5 heteroatoms. The Kier molecular flexibility index (Phi) is 4.98. The molecule has 1 fully saturated rings. The molecule has 17 heavy (non-hydrogen) atoms. The van der Waals surface area contributed by atoms with Crippen molar-refractivity contribution in [1.29, 1.82) is 0 Å². The predicted octanol–water partition coefficient (Wildman–Crippen LogP) is 1.23. The van der Waals surface area contributed by atoms with E-state index in [1.165, 1.54) is 6.26 Å². The van der Waals surface area contributed by atoms with Gasteiger partial charge in [0.25, 0.3) is 0 Å². The van der Waals surface area contributed by atoms with Crippen molar-refractivity contribution in [3.8, 4) is 0 Å². The summed E-state index contributed by atoms with van der Waals surface area (Å²) >= 11 is 0. The van der Waals surface area contributed by atoms with Gasteiger partial charge in [-0.1, -0.05) is 6.92 Å². The molecule has 1 rings (SSSR count). The standard InChI is InChI=1S/C12H24O4S/c1-8-9(2)16-10(3)12(8)11(13)6-5-7-17(4,14)15/h8-13H,5-7H2,1-4H3. The number of aliphatic hydroxyl groups is 1. The van der Waals surface area contributed by atoms with Crippen LogP contribution in [0.3, 0.4) is 0 Å². The number of hydrogen-bond donors (Lipinski definition) is 1. The first-order valence-corrected chi connectivity index (χ1v) is 8.29. The third kappa shape index (κ3) is 4.23. The highest BCUT2D eigenvalue weighted by atomic mass is 32.2. The Morgan fingerprint density at radius 3 is 2.24 bits per heavy atom. The summed E-state index contributed by atoms with van der Waals surface area (Å²) in [6, 6.07) is 0. The van der Waals surface area contributed by atoms with Crippen molar-refractivity contribution in [2.45, 2.75) is 51.9 Å². The molecule has 1 heterocycles. The molecule has 1 aliphatic heterocycles. The Hall–Kier alpha value is -0.130. The second-order valence-corrected chi connectivity index (χ2v) is 7.58. The molecule has 0 amide bonds. The SMILES string of the molecule is CC1OC(C)C(C(O)CCCS(C)(=O)=O)C1C. The lowest BCUT2D eigenvalue weighted by molar-refractivity contribution is 0.0210. The van der Waals surface area contributed by atoms with E-state index in [-0.39, 0.29) is 23.9 Å². The van der Waals surface area contributed by atoms with Gasteiger partial charge in [0, 0.05) is 17.9 Å². The van der Waals surface area contributed by atoms with Crippen LogP contribution in [0.25, 0.3) is 0 Å². The van der Waals surface area contributed by atoms with Crippen LogP contribution in [0, 0.1) is 11.8 Å². The van der Waals surface area contributed by atoms with Crippen LogP contribution in [0.1, 0.15) is 33.6 Å². The highest BCUT2D eigenvalue weighted by molar-refractivity contribution is 7.90. The summed E-state index contributed by atoms with van der Waals surface area (Å²) in [4.78, 5) is 0. The fourth-order valence-corrected chi connectivity index (χ4v) is 3.40. The van der Waals surface area contributed by atoms with Gasteiger partial charge in [0.2, 0.25) is 0 Å². The van der Waals surface area contributed by atoms with Crippen molar-refractivity contribution in [3.05, 3.63) is 0 Å². The molecule has 102 valence electrons. The molecular formula is C12H24O4S. The van der Waals surface area contributed by atoms with Gasteiger partial charge in [0.05, 0.1) is 18.3 Å². The van der Waals surface area contributed by atoms with Gasteiger partial charge < -0.3 is 9.84 Å². The Bertz CT molecular complexity index is 338. The molecule has 0 radical (unpaired) electrons. The summed E-state index contributed by atoms with van der Waals surface area (Å²) < 4.78 is 27.7. The largest absolute Gasteiger partial charge is 0.393 e. The van der Waals surface area contributed by atoms with E-state index >= 15 is 0 Å². The lowest BCUT2D eigenvalue weighted by atomic mass is 9.83. The van der Waals surface area contributed by atoms with E-state index in [1.807, 2.05) is 13.8 Å². The monoisotopic (exact) mass is 264 g/mol. The molecule has 1 saturated heterocycles. The zero-order chi connectivity index (χ0) is 13.2. The smallest absolute Gasteiger partial charge is 0.147 e. The number of rotatable bonds is 5. The van der Waals surface area contributed by atoms with Crippen molar-refractivity contribution in [1.82, 2.24) is 0 Å². The molecule has 0 aliphatic carbocycles. The lowest BCUT2D eigenvalue weighted by Crippen LogP contribution is -2.31. The van der Waals surface area contributed by atoms with Crippen molar-refractivity contribution in [3.63, 3.8) is 0 Å². The average molecular weight is 264 g/mol. The van der Waals surface area contributed by atoms with Gasteiger partial charge in [-0.25, -0.2) is 8.42 Å². The molecule has 4 nitrogen and oxygen atoms in total. The van der Waals surface area contributed by atoms with E-state index in [1.54, 1.807) is 0 Å². The summed E-state index contributed by atoms with van der Waals surface area (Å²) in [7, 11) is -2.92. The summed E-state index contributed by atoms with van der Waals surface area (Å²) in [6.45, 7) is 6.08. The number of ether oxygens (including phenoxy) is 1. The molecule has 0 aromatic heterocycles. The van der Waals surface area contributed by atoms with Crippen LogP contribution < -0.4 is 0 Å². The molecule has 0 aromatic carbocycles. The average Bonchev–Trinajstić information content (AvgIpc) is 2.38. The van der Waals surface area contributed by atoms with Crippen LogP contribution >= 0.6 is 0 Å². The first-order chi connectivity index (χ1) is 7.72. The molecular weight excluding hydrogens is 240 g/mol. The van der Waals surface area contributed by atoms with Crippen LogP contribution in [0.4, 0.5) is 0 Å². The van der Waals surface area contributed by atoms with E-state index in [2.05, 4.69) is 6.92 Å². The van der Waals surface area contributed by atoms with Gasteiger partial charge in [-0.05, 0) is 32.6 Å². The molecule has 0 bridgehead atoms. The number of aliphatic hydroxyl groups excluding tert-OH is 1. The second-order valence-electron chi connectivity index (χ2n) is 5.32. The van der Waals surface area contributed by atoms with E-state index in [0.29, 0.717) is 18.8 Å². The molecule has 1 aliphatic rings. The molecule has 0 aromatic rings. The first-order valence-electron chi connectivity index (χ1n) is 6.23. The maximum absolute atomic E-state index is 11.0. The summed E-state index contributed by atoms with van der Waals surface area (Å²) in [5.41, 5.74) is 0. The van der Waals surface area contributed by atoms with E-state index in [0.717, 1.165) is 0 Å². The van der Waals surface area contributed by atoms with Gasteiger partial charge >= 0.3 is 0 Å². The van der Waals surface area contributed by atoms with Crippen LogP contribution in [-0.4, -0.2) is 43.8 Å². The normalized spacial score (nSPS) is 36.1. The minimum absolute atomic E-state index is 0.0493. The van der Waals surface area contributed by atoms with Gasteiger partial charge in [-0.15, -0.1) is 0 Å². The molecule has 1 N–H and O–H groups in total. The van der Waals surface area contributed by atoms with E-state index < -0.39 is 15.9 Å². The molecule has 0 saturated carbocycles. The van der Waals surface area contributed by atoms with Gasteiger partial charge in [-0.2, -0.15) is 0 Å². The fourth-order valence-electron chi connectivity index (χ4n) is 2.70. The van der Waals surface area contributed by atoms with Crippen molar-refractivity contribution < 1.29 is 18.3 Å². The minimum atomic E-state index is -2.92. The molecule has 5 atom stereocenters. The third-order valence-electron chi connectivity index (χ3n) is 3.78. The zero-order valence-corrected chi connectivity index (χ0v) is 11.9. The van der Waals surface area contributed by atoms with Crippen molar-refractivity contribution >= 4 is 9.84 Å². The van der Waals surface area contributed by atoms with E-state index in [9.17, 15) is 13.5 Å². The van der Waals surface area contributed by atoms with Crippen LogP contribution in [0.15, 0.2) is 0 Å².